The standard InChI is InChI=1S/C10H13N3O2/c1-4-10(14)13-8-5-11-9(6-15-3)12-7(8)2/h4-5H,1,6H2,2-3H3,(H,13,14). The van der Waals surface area contributed by atoms with Crippen molar-refractivity contribution in [1.29, 1.82) is 0 Å². The molecule has 0 bridgehead atoms. The fourth-order valence-electron chi connectivity index (χ4n) is 1.02. The highest BCUT2D eigenvalue weighted by Crippen LogP contribution is 2.10. The van der Waals surface area contributed by atoms with Gasteiger partial charge in [-0.15, -0.1) is 0 Å². The highest BCUT2D eigenvalue weighted by Gasteiger charge is 2.04. The second-order valence-corrected chi connectivity index (χ2v) is 2.91. The van der Waals surface area contributed by atoms with E-state index in [1.807, 2.05) is 0 Å². The summed E-state index contributed by atoms with van der Waals surface area (Å²) in [6, 6.07) is 0. The summed E-state index contributed by atoms with van der Waals surface area (Å²) < 4.78 is 4.90. The van der Waals surface area contributed by atoms with Crippen molar-refractivity contribution in [3.8, 4) is 0 Å². The minimum absolute atomic E-state index is 0.277. The zero-order valence-corrected chi connectivity index (χ0v) is 8.78. The van der Waals surface area contributed by atoms with E-state index < -0.39 is 0 Å². The molecule has 0 fully saturated rings. The second-order valence-electron chi connectivity index (χ2n) is 2.91. The minimum atomic E-state index is -0.277. The molecule has 0 spiro atoms. The van der Waals surface area contributed by atoms with Crippen LogP contribution >= 0.6 is 0 Å². The Balaban J connectivity index is 2.83. The van der Waals surface area contributed by atoms with Crippen LogP contribution in [0.15, 0.2) is 18.9 Å². The third-order valence-electron chi connectivity index (χ3n) is 1.75. The molecule has 1 amide bonds. The van der Waals surface area contributed by atoms with Crippen LogP contribution in [0, 0.1) is 6.92 Å². The van der Waals surface area contributed by atoms with Crippen molar-refractivity contribution in [1.82, 2.24) is 9.97 Å². The predicted octanol–water partition coefficient (Wildman–Crippen LogP) is 1.06. The molecule has 0 unspecified atom stereocenters. The van der Waals surface area contributed by atoms with Gasteiger partial charge in [0.05, 0.1) is 17.6 Å². The Labute approximate surface area is 88.2 Å². The third-order valence-corrected chi connectivity index (χ3v) is 1.75. The highest BCUT2D eigenvalue weighted by atomic mass is 16.5. The van der Waals surface area contributed by atoms with Gasteiger partial charge in [-0.2, -0.15) is 0 Å². The van der Waals surface area contributed by atoms with Crippen molar-refractivity contribution in [3.05, 3.63) is 30.4 Å². The molecule has 0 atom stereocenters. The maximum atomic E-state index is 11.0. The van der Waals surface area contributed by atoms with Crippen molar-refractivity contribution in [2.45, 2.75) is 13.5 Å². The molecule has 0 aromatic carbocycles. The first kappa shape index (κ1) is 11.3. The van der Waals surface area contributed by atoms with Crippen LogP contribution in [0.3, 0.4) is 0 Å². The van der Waals surface area contributed by atoms with Crippen LogP contribution in [-0.2, 0) is 16.1 Å². The molecule has 1 aromatic heterocycles. The average Bonchev–Trinajstić information content (AvgIpc) is 2.22. The molecule has 0 aliphatic rings. The quantitative estimate of drug-likeness (QED) is 0.750. The largest absolute Gasteiger partial charge is 0.377 e. The maximum Gasteiger partial charge on any atom is 0.247 e. The number of amides is 1. The van der Waals surface area contributed by atoms with E-state index in [4.69, 9.17) is 4.74 Å². The van der Waals surface area contributed by atoms with Gasteiger partial charge in [-0.05, 0) is 13.0 Å². The number of ether oxygens (including phenoxy) is 1. The van der Waals surface area contributed by atoms with E-state index >= 15 is 0 Å². The van der Waals surface area contributed by atoms with E-state index in [2.05, 4.69) is 21.9 Å². The van der Waals surface area contributed by atoms with E-state index in [9.17, 15) is 4.79 Å². The second kappa shape index (κ2) is 5.21. The summed E-state index contributed by atoms with van der Waals surface area (Å²) in [6.45, 7) is 5.51. The number of carbonyl (C=O) groups is 1. The first-order valence-corrected chi connectivity index (χ1v) is 4.42. The number of carbonyl (C=O) groups excluding carboxylic acids is 1. The topological polar surface area (TPSA) is 64.1 Å². The predicted molar refractivity (Wildman–Crippen MR) is 56.3 cm³/mol. The first-order valence-electron chi connectivity index (χ1n) is 4.42. The van der Waals surface area contributed by atoms with Gasteiger partial charge in [0.15, 0.2) is 5.82 Å². The van der Waals surface area contributed by atoms with Gasteiger partial charge in [0, 0.05) is 7.11 Å². The Morgan fingerprint density at radius 3 is 3.00 bits per heavy atom. The van der Waals surface area contributed by atoms with E-state index in [0.717, 1.165) is 0 Å². The molecule has 0 radical (unpaired) electrons. The maximum absolute atomic E-state index is 11.0. The lowest BCUT2D eigenvalue weighted by Crippen LogP contribution is -2.11. The molecule has 1 aromatic rings. The van der Waals surface area contributed by atoms with Crippen LogP contribution in [0.5, 0.6) is 0 Å². The number of nitrogens with one attached hydrogen (secondary N) is 1. The van der Waals surface area contributed by atoms with Gasteiger partial charge in [-0.25, -0.2) is 9.97 Å². The molecule has 1 heterocycles. The molecular formula is C10H13N3O2. The molecule has 0 aliphatic heterocycles. The lowest BCUT2D eigenvalue weighted by Gasteiger charge is -2.06. The first-order chi connectivity index (χ1) is 7.17. The fraction of sp³-hybridized carbons (Fsp3) is 0.300. The molecule has 0 aliphatic carbocycles. The Hall–Kier alpha value is -1.75. The van der Waals surface area contributed by atoms with Gasteiger partial charge in [0.25, 0.3) is 0 Å². The summed E-state index contributed by atoms with van der Waals surface area (Å²) in [4.78, 5) is 19.2. The van der Waals surface area contributed by atoms with Gasteiger partial charge in [-0.3, -0.25) is 4.79 Å². The van der Waals surface area contributed by atoms with Crippen molar-refractivity contribution in [3.63, 3.8) is 0 Å². The SMILES string of the molecule is C=CC(=O)Nc1cnc(COC)nc1C. The van der Waals surface area contributed by atoms with E-state index in [0.29, 0.717) is 23.8 Å². The summed E-state index contributed by atoms with van der Waals surface area (Å²) in [6.07, 6.45) is 2.75. The summed E-state index contributed by atoms with van der Waals surface area (Å²) in [7, 11) is 1.58. The van der Waals surface area contributed by atoms with Crippen molar-refractivity contribution >= 4 is 11.6 Å². The molecule has 1 rings (SSSR count). The molecule has 15 heavy (non-hydrogen) atoms. The number of aromatic nitrogens is 2. The number of rotatable bonds is 4. The van der Waals surface area contributed by atoms with Crippen molar-refractivity contribution in [2.75, 3.05) is 12.4 Å². The third kappa shape index (κ3) is 3.14. The number of methoxy groups -OCH3 is 1. The number of hydrogen-bond acceptors (Lipinski definition) is 4. The van der Waals surface area contributed by atoms with Gasteiger partial charge >= 0.3 is 0 Å². The lowest BCUT2D eigenvalue weighted by molar-refractivity contribution is -0.111. The van der Waals surface area contributed by atoms with E-state index in [1.54, 1.807) is 20.2 Å². The van der Waals surface area contributed by atoms with Crippen LogP contribution in [-0.4, -0.2) is 23.0 Å². The lowest BCUT2D eigenvalue weighted by atomic mass is 10.3. The Kier molecular flexibility index (Phi) is 3.93. The molecule has 5 nitrogen and oxygen atoms in total. The zero-order valence-electron chi connectivity index (χ0n) is 8.78. The van der Waals surface area contributed by atoms with Gasteiger partial charge in [0.1, 0.15) is 6.61 Å². The monoisotopic (exact) mass is 207 g/mol. The molecule has 5 heteroatoms. The summed E-state index contributed by atoms with van der Waals surface area (Å²) in [5, 5.41) is 2.61. The highest BCUT2D eigenvalue weighted by molar-refractivity contribution is 5.99. The summed E-state index contributed by atoms with van der Waals surface area (Å²) in [5.74, 6) is 0.313. The average molecular weight is 207 g/mol. The van der Waals surface area contributed by atoms with Crippen LogP contribution in [0.2, 0.25) is 0 Å². The van der Waals surface area contributed by atoms with Crippen LogP contribution in [0.4, 0.5) is 5.69 Å². The summed E-state index contributed by atoms with van der Waals surface area (Å²) in [5.41, 5.74) is 1.28. The van der Waals surface area contributed by atoms with Crippen molar-refractivity contribution < 1.29 is 9.53 Å². The Morgan fingerprint density at radius 2 is 2.47 bits per heavy atom. The Morgan fingerprint density at radius 1 is 1.73 bits per heavy atom. The van der Waals surface area contributed by atoms with Gasteiger partial charge in [-0.1, -0.05) is 6.58 Å². The molecule has 0 saturated heterocycles. The normalized spacial score (nSPS) is 9.73. The molecular weight excluding hydrogens is 194 g/mol. The number of nitrogens with zero attached hydrogens (tertiary/aromatic N) is 2. The number of aryl methyl sites for hydroxylation is 1. The number of anilines is 1. The van der Waals surface area contributed by atoms with Gasteiger partial charge in [0.2, 0.25) is 5.91 Å². The van der Waals surface area contributed by atoms with Crippen molar-refractivity contribution in [2.24, 2.45) is 0 Å². The molecule has 1 N–H and O–H groups in total. The molecule has 0 saturated carbocycles. The Bertz CT molecular complexity index is 377. The minimum Gasteiger partial charge on any atom is -0.377 e. The molecule has 80 valence electrons. The number of hydrogen-bond donors (Lipinski definition) is 1. The van der Waals surface area contributed by atoms with Crippen LogP contribution in [0.25, 0.3) is 0 Å². The summed E-state index contributed by atoms with van der Waals surface area (Å²) >= 11 is 0. The zero-order chi connectivity index (χ0) is 11.3. The van der Waals surface area contributed by atoms with Gasteiger partial charge < -0.3 is 10.1 Å². The van der Waals surface area contributed by atoms with E-state index in [-0.39, 0.29) is 5.91 Å². The van der Waals surface area contributed by atoms with Crippen LogP contribution < -0.4 is 5.32 Å². The van der Waals surface area contributed by atoms with Crippen LogP contribution in [0.1, 0.15) is 11.5 Å². The smallest absolute Gasteiger partial charge is 0.247 e. The van der Waals surface area contributed by atoms with E-state index in [1.165, 1.54) is 6.08 Å². The fourth-order valence-corrected chi connectivity index (χ4v) is 1.02.